The van der Waals surface area contributed by atoms with Crippen molar-refractivity contribution in [2.45, 2.75) is 42.7 Å². The first-order valence-corrected chi connectivity index (χ1v) is 7.16. The SMILES string of the molecule is Cn1cc(S(=O)(=O)NC2CCCCC2O)cn1. The number of sulfonamides is 1. The average Bonchev–Trinajstić information content (AvgIpc) is 2.69. The molecule has 6 nitrogen and oxygen atoms in total. The lowest BCUT2D eigenvalue weighted by atomic mass is 9.93. The highest BCUT2D eigenvalue weighted by Gasteiger charge is 2.28. The van der Waals surface area contributed by atoms with Crippen molar-refractivity contribution < 1.29 is 13.5 Å². The van der Waals surface area contributed by atoms with Crippen molar-refractivity contribution >= 4 is 10.0 Å². The number of aromatic nitrogens is 2. The van der Waals surface area contributed by atoms with E-state index in [1.165, 1.54) is 17.1 Å². The molecule has 1 aromatic heterocycles. The van der Waals surface area contributed by atoms with Crippen molar-refractivity contribution in [1.82, 2.24) is 14.5 Å². The second kappa shape index (κ2) is 4.75. The Hall–Kier alpha value is -0.920. The highest BCUT2D eigenvalue weighted by molar-refractivity contribution is 7.89. The van der Waals surface area contributed by atoms with Crippen LogP contribution in [0, 0.1) is 0 Å². The molecule has 7 heteroatoms. The molecule has 2 rings (SSSR count). The Kier molecular flexibility index (Phi) is 3.50. The Labute approximate surface area is 101 Å². The standard InChI is InChI=1S/C10H17N3O3S/c1-13-7-8(6-11-13)17(15,16)12-9-4-2-3-5-10(9)14/h6-7,9-10,12,14H,2-5H2,1H3. The molecule has 2 N–H and O–H groups in total. The van der Waals surface area contributed by atoms with Crippen LogP contribution >= 0.6 is 0 Å². The number of nitrogens with one attached hydrogen (secondary N) is 1. The molecule has 1 aliphatic carbocycles. The molecule has 0 aliphatic heterocycles. The summed E-state index contributed by atoms with van der Waals surface area (Å²) in [7, 11) is -1.90. The van der Waals surface area contributed by atoms with Crippen LogP contribution in [-0.4, -0.2) is 35.5 Å². The zero-order chi connectivity index (χ0) is 12.5. The van der Waals surface area contributed by atoms with E-state index in [0.717, 1.165) is 12.8 Å². The number of aryl methyl sites for hydroxylation is 1. The third kappa shape index (κ3) is 2.85. The first-order chi connectivity index (χ1) is 7.99. The van der Waals surface area contributed by atoms with Crippen molar-refractivity contribution in [2.24, 2.45) is 7.05 Å². The van der Waals surface area contributed by atoms with Crippen molar-refractivity contribution in [3.8, 4) is 0 Å². The van der Waals surface area contributed by atoms with E-state index < -0.39 is 16.1 Å². The molecule has 2 unspecified atom stereocenters. The molecular formula is C10H17N3O3S. The molecule has 96 valence electrons. The van der Waals surface area contributed by atoms with Gasteiger partial charge in [-0.1, -0.05) is 12.8 Å². The van der Waals surface area contributed by atoms with E-state index >= 15 is 0 Å². The summed E-state index contributed by atoms with van der Waals surface area (Å²) < 4.78 is 27.9. The second-order valence-electron chi connectivity index (χ2n) is 4.43. The van der Waals surface area contributed by atoms with Crippen LogP contribution in [0.3, 0.4) is 0 Å². The molecule has 1 aromatic rings. The molecular weight excluding hydrogens is 242 g/mol. The lowest BCUT2D eigenvalue weighted by molar-refractivity contribution is 0.101. The van der Waals surface area contributed by atoms with Crippen molar-refractivity contribution in [1.29, 1.82) is 0 Å². The van der Waals surface area contributed by atoms with E-state index in [4.69, 9.17) is 0 Å². The number of hydrogen-bond acceptors (Lipinski definition) is 4. The average molecular weight is 259 g/mol. The Morgan fingerprint density at radius 2 is 2.18 bits per heavy atom. The third-order valence-electron chi connectivity index (χ3n) is 3.03. The predicted molar refractivity (Wildman–Crippen MR) is 61.8 cm³/mol. The zero-order valence-corrected chi connectivity index (χ0v) is 10.5. The van der Waals surface area contributed by atoms with E-state index in [9.17, 15) is 13.5 Å². The van der Waals surface area contributed by atoms with Crippen LogP contribution in [0.25, 0.3) is 0 Å². The van der Waals surface area contributed by atoms with E-state index in [0.29, 0.717) is 12.8 Å². The molecule has 0 aromatic carbocycles. The summed E-state index contributed by atoms with van der Waals surface area (Å²) in [6, 6.07) is -0.381. The predicted octanol–water partition coefficient (Wildman–Crippen LogP) is 0.00190. The van der Waals surface area contributed by atoms with Crippen molar-refractivity contribution in [2.75, 3.05) is 0 Å². The molecule has 0 bridgehead atoms. The zero-order valence-electron chi connectivity index (χ0n) is 9.70. The molecule has 1 saturated carbocycles. The summed E-state index contributed by atoms with van der Waals surface area (Å²) in [6.45, 7) is 0. The molecule has 1 fully saturated rings. The number of nitrogens with zero attached hydrogens (tertiary/aromatic N) is 2. The Bertz CT molecular complexity index is 483. The van der Waals surface area contributed by atoms with Gasteiger partial charge in [0.25, 0.3) is 0 Å². The van der Waals surface area contributed by atoms with Gasteiger partial charge in [-0.05, 0) is 12.8 Å². The van der Waals surface area contributed by atoms with Gasteiger partial charge >= 0.3 is 0 Å². The number of aliphatic hydroxyl groups is 1. The Morgan fingerprint density at radius 1 is 1.47 bits per heavy atom. The lowest BCUT2D eigenvalue weighted by Crippen LogP contribution is -2.44. The van der Waals surface area contributed by atoms with Crippen molar-refractivity contribution in [3.63, 3.8) is 0 Å². The van der Waals surface area contributed by atoms with Gasteiger partial charge in [-0.15, -0.1) is 0 Å². The number of rotatable bonds is 3. The normalized spacial score (nSPS) is 26.0. The molecule has 1 aliphatic rings. The minimum atomic E-state index is -3.57. The lowest BCUT2D eigenvalue weighted by Gasteiger charge is -2.27. The number of hydrogen-bond donors (Lipinski definition) is 2. The summed E-state index contributed by atoms with van der Waals surface area (Å²) in [6.07, 6.45) is 5.38. The van der Waals surface area contributed by atoms with Crippen LogP contribution in [0.15, 0.2) is 17.3 Å². The monoisotopic (exact) mass is 259 g/mol. The second-order valence-corrected chi connectivity index (χ2v) is 6.14. The van der Waals surface area contributed by atoms with Crippen LogP contribution in [0.1, 0.15) is 25.7 Å². The van der Waals surface area contributed by atoms with E-state index in [-0.39, 0.29) is 10.9 Å². The summed E-state index contributed by atoms with van der Waals surface area (Å²) in [5, 5.41) is 13.6. The van der Waals surface area contributed by atoms with Gasteiger partial charge in [0.1, 0.15) is 4.90 Å². The van der Waals surface area contributed by atoms with Crippen molar-refractivity contribution in [3.05, 3.63) is 12.4 Å². The fourth-order valence-corrected chi connectivity index (χ4v) is 3.34. The third-order valence-corrected chi connectivity index (χ3v) is 4.47. The fourth-order valence-electron chi connectivity index (χ4n) is 2.05. The number of aliphatic hydroxyl groups excluding tert-OH is 1. The van der Waals surface area contributed by atoms with Crippen LogP contribution in [0.4, 0.5) is 0 Å². The maximum atomic E-state index is 12.0. The van der Waals surface area contributed by atoms with Crippen LogP contribution < -0.4 is 4.72 Å². The van der Waals surface area contributed by atoms with E-state index in [1.807, 2.05) is 0 Å². The molecule has 17 heavy (non-hydrogen) atoms. The molecule has 0 saturated heterocycles. The minimum absolute atomic E-state index is 0.137. The fraction of sp³-hybridized carbons (Fsp3) is 0.700. The molecule has 1 heterocycles. The highest BCUT2D eigenvalue weighted by Crippen LogP contribution is 2.20. The highest BCUT2D eigenvalue weighted by atomic mass is 32.2. The van der Waals surface area contributed by atoms with Gasteiger partial charge in [-0.3, -0.25) is 4.68 Å². The first-order valence-electron chi connectivity index (χ1n) is 5.68. The van der Waals surface area contributed by atoms with Gasteiger partial charge in [0.2, 0.25) is 10.0 Å². The first kappa shape index (κ1) is 12.5. The maximum Gasteiger partial charge on any atom is 0.244 e. The van der Waals surface area contributed by atoms with Crippen LogP contribution in [0.5, 0.6) is 0 Å². The van der Waals surface area contributed by atoms with E-state index in [2.05, 4.69) is 9.82 Å². The van der Waals surface area contributed by atoms with Gasteiger partial charge in [-0.2, -0.15) is 5.10 Å². The quantitative estimate of drug-likeness (QED) is 0.800. The van der Waals surface area contributed by atoms with Gasteiger partial charge in [-0.25, -0.2) is 13.1 Å². The van der Waals surface area contributed by atoms with Crippen LogP contribution in [0.2, 0.25) is 0 Å². The summed E-state index contributed by atoms with van der Waals surface area (Å²) in [4.78, 5) is 0.137. The Balaban J connectivity index is 2.11. The smallest absolute Gasteiger partial charge is 0.244 e. The van der Waals surface area contributed by atoms with Crippen LogP contribution in [-0.2, 0) is 17.1 Å². The molecule has 0 amide bonds. The topological polar surface area (TPSA) is 84.2 Å². The largest absolute Gasteiger partial charge is 0.391 e. The van der Waals surface area contributed by atoms with Gasteiger partial charge in [0, 0.05) is 19.3 Å². The molecule has 0 spiro atoms. The molecule has 2 atom stereocenters. The summed E-state index contributed by atoms with van der Waals surface area (Å²) in [5.74, 6) is 0. The summed E-state index contributed by atoms with van der Waals surface area (Å²) >= 11 is 0. The van der Waals surface area contributed by atoms with Gasteiger partial charge < -0.3 is 5.11 Å². The summed E-state index contributed by atoms with van der Waals surface area (Å²) in [5.41, 5.74) is 0. The van der Waals surface area contributed by atoms with Gasteiger partial charge in [0.05, 0.1) is 12.3 Å². The van der Waals surface area contributed by atoms with Gasteiger partial charge in [0.15, 0.2) is 0 Å². The minimum Gasteiger partial charge on any atom is -0.391 e. The Morgan fingerprint density at radius 3 is 2.76 bits per heavy atom. The molecule has 0 radical (unpaired) electrons. The van der Waals surface area contributed by atoms with E-state index in [1.54, 1.807) is 7.05 Å². The maximum absolute atomic E-state index is 12.0.